The number of benzene rings is 1. The molecule has 0 aliphatic rings. The molecule has 1 aromatic carbocycles. The zero-order valence-electron chi connectivity index (χ0n) is 11.5. The van der Waals surface area contributed by atoms with Gasteiger partial charge in [-0.05, 0) is 29.6 Å². The van der Waals surface area contributed by atoms with Crippen LogP contribution in [0.1, 0.15) is 12.3 Å². The van der Waals surface area contributed by atoms with Crippen LogP contribution in [0.15, 0.2) is 45.5 Å². The summed E-state index contributed by atoms with van der Waals surface area (Å²) in [6.45, 7) is 0. The lowest BCUT2D eigenvalue weighted by atomic mass is 10.2. The van der Waals surface area contributed by atoms with E-state index < -0.39 is 5.82 Å². The van der Waals surface area contributed by atoms with Gasteiger partial charge in [-0.25, -0.2) is 4.39 Å². The van der Waals surface area contributed by atoms with Crippen LogP contribution in [0.5, 0.6) is 0 Å². The number of aryl methyl sites for hydroxylation is 1. The van der Waals surface area contributed by atoms with Gasteiger partial charge in [-0.3, -0.25) is 4.79 Å². The second-order valence-electron chi connectivity index (χ2n) is 4.57. The molecular formula is C15H12FN3O2S. The second-order valence-corrected chi connectivity index (χ2v) is 5.35. The van der Waals surface area contributed by atoms with Crippen molar-refractivity contribution in [3.8, 4) is 11.5 Å². The van der Waals surface area contributed by atoms with Gasteiger partial charge in [-0.2, -0.15) is 11.3 Å². The number of carbonyl (C=O) groups excluding carboxylic acids is 1. The number of hydrogen-bond acceptors (Lipinski definition) is 5. The topological polar surface area (TPSA) is 68.0 Å². The maximum atomic E-state index is 13.0. The first-order chi connectivity index (χ1) is 10.7. The standard InChI is InChI=1S/C15H12FN3O2S/c16-11-2-1-3-12(8-11)17-13(20)4-5-14-18-19-15(21-14)10-6-7-22-9-10/h1-3,6-9H,4-5H2,(H,17,20). The van der Waals surface area contributed by atoms with Gasteiger partial charge in [-0.1, -0.05) is 6.07 Å². The molecule has 112 valence electrons. The summed E-state index contributed by atoms with van der Waals surface area (Å²) < 4.78 is 18.5. The van der Waals surface area contributed by atoms with Crippen LogP contribution in [-0.4, -0.2) is 16.1 Å². The van der Waals surface area contributed by atoms with Gasteiger partial charge in [-0.15, -0.1) is 10.2 Å². The first-order valence-electron chi connectivity index (χ1n) is 6.61. The summed E-state index contributed by atoms with van der Waals surface area (Å²) in [5.41, 5.74) is 1.29. The SMILES string of the molecule is O=C(CCc1nnc(-c2ccsc2)o1)Nc1cccc(F)c1. The molecule has 1 amide bonds. The number of aromatic nitrogens is 2. The molecule has 0 bridgehead atoms. The van der Waals surface area contributed by atoms with Gasteiger partial charge in [0.1, 0.15) is 5.82 Å². The minimum Gasteiger partial charge on any atom is -0.421 e. The quantitative estimate of drug-likeness (QED) is 0.782. The third kappa shape index (κ3) is 3.56. The van der Waals surface area contributed by atoms with Gasteiger partial charge in [0.25, 0.3) is 0 Å². The lowest BCUT2D eigenvalue weighted by Gasteiger charge is -2.03. The Kier molecular flexibility index (Phi) is 4.24. The molecule has 7 heteroatoms. The number of halogens is 1. The van der Waals surface area contributed by atoms with Crippen LogP contribution in [0.4, 0.5) is 10.1 Å². The molecule has 3 rings (SSSR count). The Bertz CT molecular complexity index is 771. The summed E-state index contributed by atoms with van der Waals surface area (Å²) in [5.74, 6) is 0.216. The molecule has 3 aromatic rings. The van der Waals surface area contributed by atoms with Gasteiger partial charge < -0.3 is 9.73 Å². The van der Waals surface area contributed by atoms with E-state index in [1.807, 2.05) is 16.8 Å². The van der Waals surface area contributed by atoms with Gasteiger partial charge in [0.15, 0.2) is 0 Å². The maximum Gasteiger partial charge on any atom is 0.248 e. The van der Waals surface area contributed by atoms with E-state index in [1.54, 1.807) is 17.4 Å². The number of thiophene rings is 1. The molecule has 0 saturated carbocycles. The van der Waals surface area contributed by atoms with Crippen LogP contribution in [-0.2, 0) is 11.2 Å². The molecule has 0 spiro atoms. The molecule has 22 heavy (non-hydrogen) atoms. The fraction of sp³-hybridized carbons (Fsp3) is 0.133. The zero-order chi connectivity index (χ0) is 15.4. The van der Waals surface area contributed by atoms with Crippen molar-refractivity contribution in [2.24, 2.45) is 0 Å². The summed E-state index contributed by atoms with van der Waals surface area (Å²) >= 11 is 1.54. The van der Waals surface area contributed by atoms with E-state index in [4.69, 9.17) is 4.42 Å². The highest BCUT2D eigenvalue weighted by molar-refractivity contribution is 7.08. The summed E-state index contributed by atoms with van der Waals surface area (Å²) in [4.78, 5) is 11.8. The molecule has 0 unspecified atom stereocenters. The predicted molar refractivity (Wildman–Crippen MR) is 81.0 cm³/mol. The molecule has 0 radical (unpaired) electrons. The van der Waals surface area contributed by atoms with Crippen molar-refractivity contribution >= 4 is 22.9 Å². The van der Waals surface area contributed by atoms with E-state index in [-0.39, 0.29) is 12.3 Å². The second kappa shape index (κ2) is 6.48. The van der Waals surface area contributed by atoms with Gasteiger partial charge in [0, 0.05) is 29.5 Å². The van der Waals surface area contributed by atoms with E-state index in [1.165, 1.54) is 18.2 Å². The molecule has 0 aliphatic heterocycles. The third-order valence-corrected chi connectivity index (χ3v) is 3.59. The van der Waals surface area contributed by atoms with Gasteiger partial charge in [0.05, 0.1) is 0 Å². The van der Waals surface area contributed by atoms with Crippen molar-refractivity contribution in [1.82, 2.24) is 10.2 Å². The molecular weight excluding hydrogens is 305 g/mol. The molecule has 2 heterocycles. The van der Waals surface area contributed by atoms with Crippen LogP contribution in [0.2, 0.25) is 0 Å². The fourth-order valence-electron chi connectivity index (χ4n) is 1.87. The Morgan fingerprint density at radius 3 is 3.00 bits per heavy atom. The van der Waals surface area contributed by atoms with Crippen LogP contribution in [0, 0.1) is 5.82 Å². The molecule has 0 atom stereocenters. The highest BCUT2D eigenvalue weighted by Gasteiger charge is 2.11. The largest absolute Gasteiger partial charge is 0.421 e. The first kappa shape index (κ1) is 14.4. The summed E-state index contributed by atoms with van der Waals surface area (Å²) in [7, 11) is 0. The van der Waals surface area contributed by atoms with Crippen molar-refractivity contribution in [2.45, 2.75) is 12.8 Å². The number of nitrogens with one attached hydrogen (secondary N) is 1. The number of hydrogen-bond donors (Lipinski definition) is 1. The molecule has 5 nitrogen and oxygen atoms in total. The Balaban J connectivity index is 1.55. The number of anilines is 1. The molecule has 2 aromatic heterocycles. The number of rotatable bonds is 5. The van der Waals surface area contributed by atoms with Crippen LogP contribution in [0.3, 0.4) is 0 Å². The molecule has 0 aliphatic carbocycles. The van der Waals surface area contributed by atoms with Crippen molar-refractivity contribution in [2.75, 3.05) is 5.32 Å². The van der Waals surface area contributed by atoms with Crippen molar-refractivity contribution in [3.05, 3.63) is 52.8 Å². The molecule has 0 saturated heterocycles. The van der Waals surface area contributed by atoms with E-state index in [0.717, 1.165) is 5.56 Å². The van der Waals surface area contributed by atoms with E-state index in [0.29, 0.717) is 23.9 Å². The van der Waals surface area contributed by atoms with E-state index in [2.05, 4.69) is 15.5 Å². The van der Waals surface area contributed by atoms with Gasteiger partial charge in [0.2, 0.25) is 17.7 Å². The monoisotopic (exact) mass is 317 g/mol. The predicted octanol–water partition coefficient (Wildman–Crippen LogP) is 3.51. The minimum atomic E-state index is -0.393. The van der Waals surface area contributed by atoms with Gasteiger partial charge >= 0.3 is 0 Å². The number of carbonyl (C=O) groups is 1. The van der Waals surface area contributed by atoms with Crippen LogP contribution in [0.25, 0.3) is 11.5 Å². The smallest absolute Gasteiger partial charge is 0.248 e. The first-order valence-corrected chi connectivity index (χ1v) is 7.55. The van der Waals surface area contributed by atoms with Crippen LogP contribution < -0.4 is 5.32 Å². The fourth-order valence-corrected chi connectivity index (χ4v) is 2.50. The molecule has 1 N–H and O–H groups in total. The Morgan fingerprint density at radius 1 is 1.32 bits per heavy atom. The van der Waals surface area contributed by atoms with Crippen molar-refractivity contribution in [1.29, 1.82) is 0 Å². The average molecular weight is 317 g/mol. The highest BCUT2D eigenvalue weighted by atomic mass is 32.1. The normalized spacial score (nSPS) is 10.6. The Hall–Kier alpha value is -2.54. The Labute approximate surface area is 129 Å². The lowest BCUT2D eigenvalue weighted by molar-refractivity contribution is -0.116. The van der Waals surface area contributed by atoms with Crippen molar-refractivity contribution < 1.29 is 13.6 Å². The summed E-state index contributed by atoms with van der Waals surface area (Å²) in [6.07, 6.45) is 0.514. The number of nitrogens with zero attached hydrogens (tertiary/aromatic N) is 2. The Morgan fingerprint density at radius 2 is 2.23 bits per heavy atom. The summed E-state index contributed by atoms with van der Waals surface area (Å²) in [6, 6.07) is 7.64. The van der Waals surface area contributed by atoms with E-state index >= 15 is 0 Å². The highest BCUT2D eigenvalue weighted by Crippen LogP contribution is 2.20. The third-order valence-electron chi connectivity index (χ3n) is 2.91. The molecule has 0 fully saturated rings. The maximum absolute atomic E-state index is 13.0. The summed E-state index contributed by atoms with van der Waals surface area (Å²) in [5, 5.41) is 14.3. The minimum absolute atomic E-state index is 0.182. The van der Waals surface area contributed by atoms with Crippen LogP contribution >= 0.6 is 11.3 Å². The number of amides is 1. The average Bonchev–Trinajstić information content (AvgIpc) is 3.16. The van der Waals surface area contributed by atoms with Crippen molar-refractivity contribution in [3.63, 3.8) is 0 Å². The zero-order valence-corrected chi connectivity index (χ0v) is 12.3. The lowest BCUT2D eigenvalue weighted by Crippen LogP contribution is -2.12. The van der Waals surface area contributed by atoms with E-state index in [9.17, 15) is 9.18 Å².